The van der Waals surface area contributed by atoms with Gasteiger partial charge in [-0.2, -0.15) is 0 Å². The highest BCUT2D eigenvalue weighted by Gasteiger charge is 2.25. The van der Waals surface area contributed by atoms with Gasteiger partial charge >= 0.3 is 5.97 Å². The molecule has 0 spiro atoms. The number of carboxylic acid groups (broad SMARTS) is 1. The second kappa shape index (κ2) is 4.87. The van der Waals surface area contributed by atoms with Crippen LogP contribution in [-0.2, 0) is 9.59 Å². The van der Waals surface area contributed by atoms with Crippen molar-refractivity contribution in [1.29, 1.82) is 0 Å². The SMILES string of the molecule is O.O=C(O)C(=O)C1CCCCC1. The van der Waals surface area contributed by atoms with Crippen LogP contribution in [0.3, 0.4) is 0 Å². The van der Waals surface area contributed by atoms with Crippen molar-refractivity contribution < 1.29 is 20.2 Å². The summed E-state index contributed by atoms with van der Waals surface area (Å²) >= 11 is 0. The fourth-order valence-electron chi connectivity index (χ4n) is 1.54. The van der Waals surface area contributed by atoms with E-state index in [4.69, 9.17) is 5.11 Å². The van der Waals surface area contributed by atoms with Crippen LogP contribution in [0.25, 0.3) is 0 Å². The molecule has 0 aromatic rings. The number of hydrogen-bond acceptors (Lipinski definition) is 2. The van der Waals surface area contributed by atoms with Crippen molar-refractivity contribution in [1.82, 2.24) is 0 Å². The van der Waals surface area contributed by atoms with E-state index in [1.165, 1.54) is 0 Å². The minimum atomic E-state index is -1.27. The maximum absolute atomic E-state index is 10.9. The zero-order valence-electron chi connectivity index (χ0n) is 6.88. The minimum Gasteiger partial charge on any atom is -0.475 e. The largest absolute Gasteiger partial charge is 0.475 e. The maximum atomic E-state index is 10.9. The smallest absolute Gasteiger partial charge is 0.372 e. The number of Topliss-reactive ketones (excluding diaryl/α,β-unsaturated/α-hetero) is 1. The van der Waals surface area contributed by atoms with Gasteiger partial charge in [0.25, 0.3) is 0 Å². The monoisotopic (exact) mass is 174 g/mol. The van der Waals surface area contributed by atoms with Gasteiger partial charge in [-0.3, -0.25) is 4.79 Å². The van der Waals surface area contributed by atoms with E-state index in [0.29, 0.717) is 0 Å². The molecule has 0 saturated heterocycles. The Morgan fingerprint density at radius 3 is 2.00 bits per heavy atom. The van der Waals surface area contributed by atoms with Gasteiger partial charge in [-0.15, -0.1) is 0 Å². The molecule has 1 fully saturated rings. The summed E-state index contributed by atoms with van der Waals surface area (Å²) in [6.45, 7) is 0. The van der Waals surface area contributed by atoms with Gasteiger partial charge in [-0.1, -0.05) is 19.3 Å². The summed E-state index contributed by atoms with van der Waals surface area (Å²) in [5.74, 6) is -2.05. The summed E-state index contributed by atoms with van der Waals surface area (Å²) in [7, 11) is 0. The molecule has 0 aromatic carbocycles. The lowest BCUT2D eigenvalue weighted by atomic mass is 9.86. The van der Waals surface area contributed by atoms with Crippen molar-refractivity contribution in [2.75, 3.05) is 0 Å². The Bertz CT molecular complexity index is 170. The number of carbonyl (C=O) groups is 2. The lowest BCUT2D eigenvalue weighted by Crippen LogP contribution is -2.24. The highest BCUT2D eigenvalue weighted by atomic mass is 16.4. The summed E-state index contributed by atoms with van der Waals surface area (Å²) in [6, 6.07) is 0. The molecule has 4 heteroatoms. The number of rotatable bonds is 2. The summed E-state index contributed by atoms with van der Waals surface area (Å²) in [6.07, 6.45) is 4.69. The van der Waals surface area contributed by atoms with E-state index in [1.807, 2.05) is 0 Å². The Hall–Kier alpha value is -0.900. The van der Waals surface area contributed by atoms with Gasteiger partial charge in [0.1, 0.15) is 0 Å². The quantitative estimate of drug-likeness (QED) is 0.614. The molecule has 0 aliphatic heterocycles. The molecular weight excluding hydrogens is 160 g/mol. The lowest BCUT2D eigenvalue weighted by molar-refractivity contribution is -0.151. The van der Waals surface area contributed by atoms with Gasteiger partial charge in [-0.05, 0) is 12.8 Å². The average Bonchev–Trinajstić information content (AvgIpc) is 2.05. The van der Waals surface area contributed by atoms with Gasteiger partial charge < -0.3 is 10.6 Å². The van der Waals surface area contributed by atoms with E-state index in [2.05, 4.69) is 0 Å². The molecule has 0 bridgehead atoms. The zero-order valence-corrected chi connectivity index (χ0v) is 6.88. The first kappa shape index (κ1) is 11.1. The average molecular weight is 174 g/mol. The first-order valence-electron chi connectivity index (χ1n) is 3.99. The summed E-state index contributed by atoms with van der Waals surface area (Å²) in [5.41, 5.74) is 0. The van der Waals surface area contributed by atoms with Crippen LogP contribution in [0.1, 0.15) is 32.1 Å². The van der Waals surface area contributed by atoms with E-state index in [9.17, 15) is 9.59 Å². The summed E-state index contributed by atoms with van der Waals surface area (Å²) in [5, 5.41) is 8.38. The molecule has 70 valence electrons. The molecule has 1 aliphatic rings. The third-order valence-electron chi connectivity index (χ3n) is 2.19. The van der Waals surface area contributed by atoms with Gasteiger partial charge in [0, 0.05) is 5.92 Å². The topological polar surface area (TPSA) is 85.9 Å². The Kier molecular flexibility index (Phi) is 4.51. The van der Waals surface area contributed by atoms with E-state index in [1.54, 1.807) is 0 Å². The van der Waals surface area contributed by atoms with Crippen molar-refractivity contribution in [2.45, 2.75) is 32.1 Å². The second-order valence-corrected chi connectivity index (χ2v) is 3.00. The Labute approximate surface area is 70.9 Å². The van der Waals surface area contributed by atoms with Crippen molar-refractivity contribution in [3.63, 3.8) is 0 Å². The van der Waals surface area contributed by atoms with Crippen LogP contribution in [0.4, 0.5) is 0 Å². The van der Waals surface area contributed by atoms with Crippen molar-refractivity contribution in [3.8, 4) is 0 Å². The highest BCUT2D eigenvalue weighted by molar-refractivity contribution is 6.33. The van der Waals surface area contributed by atoms with E-state index >= 15 is 0 Å². The predicted octanol–water partition coefficient (Wildman–Crippen LogP) is 0.396. The van der Waals surface area contributed by atoms with Gasteiger partial charge in [0.15, 0.2) is 0 Å². The van der Waals surface area contributed by atoms with Crippen LogP contribution < -0.4 is 0 Å². The molecule has 1 aliphatic carbocycles. The second-order valence-electron chi connectivity index (χ2n) is 3.00. The molecule has 1 rings (SSSR count). The molecule has 0 unspecified atom stereocenters. The van der Waals surface area contributed by atoms with Crippen LogP contribution >= 0.6 is 0 Å². The molecule has 0 radical (unpaired) electrons. The van der Waals surface area contributed by atoms with Crippen LogP contribution in [0.5, 0.6) is 0 Å². The molecule has 12 heavy (non-hydrogen) atoms. The lowest BCUT2D eigenvalue weighted by Gasteiger charge is -2.17. The molecule has 4 nitrogen and oxygen atoms in total. The van der Waals surface area contributed by atoms with Gasteiger partial charge in [0.2, 0.25) is 5.78 Å². The zero-order chi connectivity index (χ0) is 8.27. The summed E-state index contributed by atoms with van der Waals surface area (Å²) in [4.78, 5) is 21.1. The molecule has 0 amide bonds. The highest BCUT2D eigenvalue weighted by Crippen LogP contribution is 2.24. The van der Waals surface area contributed by atoms with Crippen LogP contribution in [0.15, 0.2) is 0 Å². The predicted molar refractivity (Wildman–Crippen MR) is 42.8 cm³/mol. The molecular formula is C8H14O4. The van der Waals surface area contributed by atoms with E-state index < -0.39 is 11.8 Å². The fraction of sp³-hybridized carbons (Fsp3) is 0.750. The Balaban J connectivity index is 0.00000121. The van der Waals surface area contributed by atoms with Gasteiger partial charge in [-0.25, -0.2) is 4.79 Å². The number of ketones is 1. The van der Waals surface area contributed by atoms with Crippen LogP contribution in [0, 0.1) is 5.92 Å². The third kappa shape index (κ3) is 2.62. The molecule has 3 N–H and O–H groups in total. The van der Waals surface area contributed by atoms with Crippen LogP contribution in [0.2, 0.25) is 0 Å². The number of carbonyl (C=O) groups excluding carboxylic acids is 1. The van der Waals surface area contributed by atoms with Crippen molar-refractivity contribution in [2.24, 2.45) is 5.92 Å². The molecule has 0 atom stereocenters. The molecule has 1 saturated carbocycles. The van der Waals surface area contributed by atoms with Crippen LogP contribution in [-0.4, -0.2) is 22.3 Å². The fourth-order valence-corrected chi connectivity index (χ4v) is 1.54. The first-order valence-corrected chi connectivity index (χ1v) is 3.99. The van der Waals surface area contributed by atoms with E-state index in [0.717, 1.165) is 32.1 Å². The number of carboxylic acids is 1. The van der Waals surface area contributed by atoms with Gasteiger partial charge in [0.05, 0.1) is 0 Å². The Morgan fingerprint density at radius 2 is 1.58 bits per heavy atom. The number of hydrogen-bond donors (Lipinski definition) is 1. The number of aliphatic carboxylic acids is 1. The maximum Gasteiger partial charge on any atom is 0.372 e. The Morgan fingerprint density at radius 1 is 1.08 bits per heavy atom. The molecule has 0 heterocycles. The minimum absolute atomic E-state index is 0. The standard InChI is InChI=1S/C8H12O3.H2O/c9-7(8(10)11)6-4-2-1-3-5-6;/h6H,1-5H2,(H,10,11);1H2. The first-order chi connectivity index (χ1) is 5.22. The molecule has 0 aromatic heterocycles. The van der Waals surface area contributed by atoms with Crippen molar-refractivity contribution >= 4 is 11.8 Å². The van der Waals surface area contributed by atoms with Crippen molar-refractivity contribution in [3.05, 3.63) is 0 Å². The normalized spacial score (nSPS) is 18.0. The third-order valence-corrected chi connectivity index (χ3v) is 2.19. The summed E-state index contributed by atoms with van der Waals surface area (Å²) < 4.78 is 0. The van der Waals surface area contributed by atoms with E-state index in [-0.39, 0.29) is 11.4 Å².